The summed E-state index contributed by atoms with van der Waals surface area (Å²) in [6.07, 6.45) is 1.000. The van der Waals surface area contributed by atoms with Gasteiger partial charge in [0.1, 0.15) is 23.9 Å². The van der Waals surface area contributed by atoms with Gasteiger partial charge < -0.3 is 19.7 Å². The summed E-state index contributed by atoms with van der Waals surface area (Å²) in [6, 6.07) is 6.55. The molecule has 2 aliphatic rings. The third-order valence-electron chi connectivity index (χ3n) is 4.54. The number of hydrogen-bond acceptors (Lipinski definition) is 5. The van der Waals surface area contributed by atoms with E-state index < -0.39 is 0 Å². The molecule has 0 bridgehead atoms. The second kappa shape index (κ2) is 6.92. The van der Waals surface area contributed by atoms with Crippen LogP contribution in [0.5, 0.6) is 11.5 Å². The number of halogens is 1. The van der Waals surface area contributed by atoms with Gasteiger partial charge in [0.2, 0.25) is 0 Å². The summed E-state index contributed by atoms with van der Waals surface area (Å²) in [5.41, 5.74) is 1.02. The van der Waals surface area contributed by atoms with Gasteiger partial charge in [0.15, 0.2) is 11.5 Å². The number of carbonyl (C=O) groups excluding carboxylic acids is 1. The first kappa shape index (κ1) is 16.2. The summed E-state index contributed by atoms with van der Waals surface area (Å²) in [4.78, 5) is 15.2. The Morgan fingerprint density at radius 2 is 2.08 bits per heavy atom. The second-order valence-electron chi connectivity index (χ2n) is 6.24. The normalized spacial score (nSPS) is 19.1. The van der Waals surface area contributed by atoms with Crippen LogP contribution >= 0.6 is 11.3 Å². The molecule has 2 aromatic rings. The van der Waals surface area contributed by atoms with Crippen molar-refractivity contribution in [2.75, 3.05) is 37.7 Å². The van der Waals surface area contributed by atoms with Crippen LogP contribution in [0.2, 0.25) is 0 Å². The van der Waals surface area contributed by atoms with Crippen LogP contribution in [0.15, 0.2) is 29.6 Å². The van der Waals surface area contributed by atoms with Gasteiger partial charge in [-0.25, -0.2) is 4.39 Å². The first-order valence-electron chi connectivity index (χ1n) is 8.36. The predicted molar refractivity (Wildman–Crippen MR) is 94.4 cm³/mol. The van der Waals surface area contributed by atoms with Gasteiger partial charge >= 0.3 is 0 Å². The number of amides is 1. The summed E-state index contributed by atoms with van der Waals surface area (Å²) in [5, 5.41) is 4.82. The zero-order chi connectivity index (χ0) is 17.2. The van der Waals surface area contributed by atoms with Gasteiger partial charge in [0, 0.05) is 30.7 Å². The maximum atomic E-state index is 13.0. The third kappa shape index (κ3) is 3.42. The molecule has 2 aliphatic heterocycles. The Hall–Kier alpha value is -2.28. The van der Waals surface area contributed by atoms with E-state index in [4.69, 9.17) is 9.47 Å². The minimum Gasteiger partial charge on any atom is -0.485 e. The maximum Gasteiger partial charge on any atom is 0.265 e. The molecule has 4 rings (SSSR count). The first-order valence-corrected chi connectivity index (χ1v) is 9.24. The summed E-state index contributed by atoms with van der Waals surface area (Å²) in [7, 11) is 0. The van der Waals surface area contributed by atoms with Gasteiger partial charge in [-0.3, -0.25) is 4.79 Å². The minimum absolute atomic E-state index is 0.114. The highest BCUT2D eigenvalue weighted by Gasteiger charge is 2.26. The highest BCUT2D eigenvalue weighted by molar-refractivity contribution is 7.12. The van der Waals surface area contributed by atoms with Crippen molar-refractivity contribution in [3.05, 3.63) is 40.3 Å². The molecule has 1 amide bonds. The van der Waals surface area contributed by atoms with E-state index in [0.717, 1.165) is 25.2 Å². The lowest BCUT2D eigenvalue weighted by molar-refractivity contribution is 0.0943. The van der Waals surface area contributed by atoms with E-state index >= 15 is 0 Å². The smallest absolute Gasteiger partial charge is 0.265 e. The summed E-state index contributed by atoms with van der Waals surface area (Å²) >= 11 is 1.35. The molecular weight excluding hydrogens is 343 g/mol. The molecule has 5 nitrogen and oxygen atoms in total. The SMILES string of the molecule is O=C(NC[C@H]1CCN(c2ccc(F)cc2)C1)c1scc2c1OCCO2. The number of anilines is 1. The summed E-state index contributed by atoms with van der Waals surface area (Å²) in [5.74, 6) is 1.26. The predicted octanol–water partition coefficient (Wildman–Crippen LogP) is 2.91. The lowest BCUT2D eigenvalue weighted by Crippen LogP contribution is -2.31. The Morgan fingerprint density at radius 1 is 1.28 bits per heavy atom. The highest BCUT2D eigenvalue weighted by Crippen LogP contribution is 2.39. The Morgan fingerprint density at radius 3 is 2.92 bits per heavy atom. The van der Waals surface area contributed by atoms with Crippen LogP contribution in [0.3, 0.4) is 0 Å². The number of nitrogens with one attached hydrogen (secondary N) is 1. The molecule has 7 heteroatoms. The Bertz CT molecular complexity index is 762. The van der Waals surface area contributed by atoms with Gasteiger partial charge in [0.25, 0.3) is 5.91 Å². The largest absolute Gasteiger partial charge is 0.485 e. The number of hydrogen-bond donors (Lipinski definition) is 1. The lowest BCUT2D eigenvalue weighted by Gasteiger charge is -2.19. The Labute approximate surface area is 149 Å². The van der Waals surface area contributed by atoms with E-state index in [9.17, 15) is 9.18 Å². The average Bonchev–Trinajstić information content (AvgIpc) is 3.27. The third-order valence-corrected chi connectivity index (χ3v) is 5.47. The van der Waals surface area contributed by atoms with Crippen molar-refractivity contribution in [3.63, 3.8) is 0 Å². The molecule has 1 aromatic heterocycles. The number of benzene rings is 1. The molecule has 25 heavy (non-hydrogen) atoms. The highest BCUT2D eigenvalue weighted by atomic mass is 32.1. The maximum absolute atomic E-state index is 13.0. The molecule has 1 fully saturated rings. The van der Waals surface area contributed by atoms with Crippen LogP contribution in [-0.4, -0.2) is 38.8 Å². The monoisotopic (exact) mass is 362 g/mol. The summed E-state index contributed by atoms with van der Waals surface area (Å²) in [6.45, 7) is 3.38. The lowest BCUT2D eigenvalue weighted by atomic mass is 10.1. The van der Waals surface area contributed by atoms with Crippen LogP contribution < -0.4 is 19.7 Å². The summed E-state index contributed by atoms with van der Waals surface area (Å²) < 4.78 is 24.1. The molecular formula is C18H19FN2O3S. The van der Waals surface area contributed by atoms with Crippen LogP contribution in [0, 0.1) is 11.7 Å². The fourth-order valence-electron chi connectivity index (χ4n) is 3.22. The van der Waals surface area contributed by atoms with Crippen LogP contribution in [0.1, 0.15) is 16.1 Å². The van der Waals surface area contributed by atoms with Gasteiger partial charge in [-0.15, -0.1) is 11.3 Å². The van der Waals surface area contributed by atoms with Crippen molar-refractivity contribution in [2.45, 2.75) is 6.42 Å². The van der Waals surface area contributed by atoms with Gasteiger partial charge in [-0.05, 0) is 36.6 Å². The molecule has 0 saturated carbocycles. The number of carbonyl (C=O) groups is 1. The topological polar surface area (TPSA) is 50.8 Å². The molecule has 1 aromatic carbocycles. The van der Waals surface area contributed by atoms with E-state index in [1.54, 1.807) is 12.1 Å². The van der Waals surface area contributed by atoms with Gasteiger partial charge in [-0.2, -0.15) is 0 Å². The van der Waals surface area contributed by atoms with Crippen molar-refractivity contribution in [1.82, 2.24) is 5.32 Å². The molecule has 0 radical (unpaired) electrons. The van der Waals surface area contributed by atoms with Crippen molar-refractivity contribution in [3.8, 4) is 11.5 Å². The van der Waals surface area contributed by atoms with Gasteiger partial charge in [-0.1, -0.05) is 0 Å². The van der Waals surface area contributed by atoms with E-state index in [0.29, 0.717) is 42.1 Å². The average molecular weight is 362 g/mol. The molecule has 0 spiro atoms. The van der Waals surface area contributed by atoms with E-state index in [1.165, 1.54) is 23.5 Å². The zero-order valence-corrected chi connectivity index (χ0v) is 14.5. The molecule has 1 atom stereocenters. The molecule has 1 N–H and O–H groups in total. The fourth-order valence-corrected chi connectivity index (χ4v) is 4.07. The van der Waals surface area contributed by atoms with Crippen LogP contribution in [0.25, 0.3) is 0 Å². The van der Waals surface area contributed by atoms with E-state index in [1.807, 2.05) is 5.38 Å². The van der Waals surface area contributed by atoms with Crippen molar-refractivity contribution >= 4 is 22.9 Å². The Balaban J connectivity index is 1.32. The standard InChI is InChI=1S/C18H19FN2O3S/c19-13-1-3-14(4-2-13)21-6-5-12(10-21)9-20-18(22)17-16-15(11-25-17)23-7-8-24-16/h1-4,11-12H,5-10H2,(H,20,22)/t12-/m1/s1. The fraction of sp³-hybridized carbons (Fsp3) is 0.389. The van der Waals surface area contributed by atoms with Crippen LogP contribution in [0.4, 0.5) is 10.1 Å². The molecule has 0 aliphatic carbocycles. The van der Waals surface area contributed by atoms with Crippen molar-refractivity contribution < 1.29 is 18.7 Å². The molecule has 0 unspecified atom stereocenters. The molecule has 3 heterocycles. The second-order valence-corrected chi connectivity index (χ2v) is 7.12. The number of ether oxygens (including phenoxy) is 2. The van der Waals surface area contributed by atoms with Gasteiger partial charge in [0.05, 0.1) is 0 Å². The minimum atomic E-state index is -0.225. The van der Waals surface area contributed by atoms with Crippen LogP contribution in [-0.2, 0) is 0 Å². The quantitative estimate of drug-likeness (QED) is 0.909. The van der Waals surface area contributed by atoms with E-state index in [2.05, 4.69) is 10.2 Å². The zero-order valence-electron chi connectivity index (χ0n) is 13.7. The van der Waals surface area contributed by atoms with E-state index in [-0.39, 0.29) is 11.7 Å². The first-order chi connectivity index (χ1) is 12.2. The number of nitrogens with zero attached hydrogens (tertiary/aromatic N) is 1. The number of rotatable bonds is 4. The Kier molecular flexibility index (Phi) is 4.48. The number of thiophene rings is 1. The number of fused-ring (bicyclic) bond motifs is 1. The van der Waals surface area contributed by atoms with Crippen molar-refractivity contribution in [1.29, 1.82) is 0 Å². The molecule has 1 saturated heterocycles. The van der Waals surface area contributed by atoms with Crippen molar-refractivity contribution in [2.24, 2.45) is 5.92 Å². The molecule has 132 valence electrons.